The lowest BCUT2D eigenvalue weighted by Crippen LogP contribution is -2.51. The number of fused-ring (bicyclic) bond motifs is 1. The molecule has 0 amide bonds. The maximum atomic E-state index is 14.2. The number of nitrogens with zero attached hydrogens (tertiary/aromatic N) is 2. The fourth-order valence-corrected chi connectivity index (χ4v) is 5.02. The van der Waals surface area contributed by atoms with Crippen molar-refractivity contribution in [3.63, 3.8) is 0 Å². The average Bonchev–Trinajstić information content (AvgIpc) is 3.03. The SMILES string of the molecule is COC(=O)c1c(-c2cc(OC)c(OC)c(OC)c2)c2ccc(OCc3ccccc3)cc2c(=O)n1N1CCOCC1. The summed E-state index contributed by atoms with van der Waals surface area (Å²) in [6.45, 7) is 1.97. The predicted molar refractivity (Wildman–Crippen MR) is 154 cm³/mol. The summed E-state index contributed by atoms with van der Waals surface area (Å²) < 4.78 is 35.0. The van der Waals surface area contributed by atoms with Crippen LogP contribution in [0.3, 0.4) is 0 Å². The largest absolute Gasteiger partial charge is 0.493 e. The van der Waals surface area contributed by atoms with Gasteiger partial charge in [-0.25, -0.2) is 9.47 Å². The van der Waals surface area contributed by atoms with Crippen molar-refractivity contribution in [2.75, 3.05) is 59.8 Å². The highest BCUT2D eigenvalue weighted by molar-refractivity contribution is 6.07. The minimum atomic E-state index is -0.663. The molecule has 10 nitrogen and oxygen atoms in total. The van der Waals surface area contributed by atoms with Crippen molar-refractivity contribution in [3.05, 3.63) is 82.3 Å². The van der Waals surface area contributed by atoms with Crippen molar-refractivity contribution in [2.45, 2.75) is 6.61 Å². The topological polar surface area (TPSA) is 97.7 Å². The molecule has 1 aromatic heterocycles. The molecule has 1 aliphatic heterocycles. The Kier molecular flexibility index (Phi) is 8.30. The molecule has 1 fully saturated rings. The number of hydrogen-bond donors (Lipinski definition) is 0. The molecule has 214 valence electrons. The van der Waals surface area contributed by atoms with E-state index in [4.69, 9.17) is 28.4 Å². The normalized spacial score (nSPS) is 13.1. The monoisotopic (exact) mass is 560 g/mol. The van der Waals surface area contributed by atoms with Crippen molar-refractivity contribution in [1.82, 2.24) is 4.68 Å². The van der Waals surface area contributed by atoms with E-state index in [2.05, 4.69) is 0 Å². The van der Waals surface area contributed by atoms with Gasteiger partial charge in [0.2, 0.25) is 5.75 Å². The summed E-state index contributed by atoms with van der Waals surface area (Å²) >= 11 is 0. The Bertz CT molecular complexity index is 1590. The number of ether oxygens (including phenoxy) is 6. The van der Waals surface area contributed by atoms with Crippen molar-refractivity contribution in [2.24, 2.45) is 0 Å². The number of pyridine rings is 1. The Labute approximate surface area is 237 Å². The summed E-state index contributed by atoms with van der Waals surface area (Å²) in [6.07, 6.45) is 0. The third kappa shape index (κ3) is 5.38. The third-order valence-corrected chi connectivity index (χ3v) is 6.98. The van der Waals surface area contributed by atoms with E-state index < -0.39 is 5.97 Å². The van der Waals surface area contributed by atoms with Crippen LogP contribution in [0.15, 0.2) is 65.5 Å². The summed E-state index contributed by atoms with van der Waals surface area (Å²) in [4.78, 5) is 27.6. The number of benzene rings is 3. The summed E-state index contributed by atoms with van der Waals surface area (Å²) in [5.74, 6) is 1.06. The molecule has 4 aromatic rings. The second kappa shape index (κ2) is 12.2. The van der Waals surface area contributed by atoms with Gasteiger partial charge in [-0.2, -0.15) is 0 Å². The summed E-state index contributed by atoms with van der Waals surface area (Å²) in [7, 11) is 5.85. The molecule has 1 aliphatic rings. The van der Waals surface area contributed by atoms with Crippen LogP contribution in [0.5, 0.6) is 23.0 Å². The van der Waals surface area contributed by atoms with Gasteiger partial charge in [0.15, 0.2) is 17.2 Å². The molecule has 2 heterocycles. The van der Waals surface area contributed by atoms with Crippen molar-refractivity contribution < 1.29 is 33.2 Å². The highest BCUT2D eigenvalue weighted by Crippen LogP contribution is 2.43. The van der Waals surface area contributed by atoms with Crippen LogP contribution in [0.4, 0.5) is 0 Å². The van der Waals surface area contributed by atoms with E-state index in [1.54, 1.807) is 35.3 Å². The molecular formula is C31H32N2O8. The lowest BCUT2D eigenvalue weighted by atomic mass is 9.96. The number of carbonyl (C=O) groups is 1. The Hall–Kier alpha value is -4.70. The number of aromatic nitrogens is 1. The van der Waals surface area contributed by atoms with Crippen LogP contribution in [0.1, 0.15) is 16.1 Å². The molecule has 1 saturated heterocycles. The van der Waals surface area contributed by atoms with Gasteiger partial charge < -0.3 is 33.4 Å². The molecule has 0 radical (unpaired) electrons. The molecule has 3 aromatic carbocycles. The molecule has 0 aliphatic carbocycles. The van der Waals surface area contributed by atoms with Gasteiger partial charge in [-0.1, -0.05) is 30.3 Å². The van der Waals surface area contributed by atoms with E-state index >= 15 is 0 Å². The Morgan fingerprint density at radius 1 is 0.854 bits per heavy atom. The number of hydrogen-bond acceptors (Lipinski definition) is 9. The van der Waals surface area contributed by atoms with Gasteiger partial charge in [0.1, 0.15) is 12.4 Å². The third-order valence-electron chi connectivity index (χ3n) is 6.98. The fourth-order valence-electron chi connectivity index (χ4n) is 5.02. The molecular weight excluding hydrogens is 528 g/mol. The van der Waals surface area contributed by atoms with Crippen molar-refractivity contribution >= 4 is 16.7 Å². The van der Waals surface area contributed by atoms with Crippen LogP contribution >= 0.6 is 0 Å². The number of morpholine rings is 1. The maximum absolute atomic E-state index is 14.2. The lowest BCUT2D eigenvalue weighted by molar-refractivity contribution is 0.0580. The number of rotatable bonds is 9. The first-order valence-electron chi connectivity index (χ1n) is 13.1. The van der Waals surface area contributed by atoms with Crippen LogP contribution in [0.25, 0.3) is 21.9 Å². The smallest absolute Gasteiger partial charge is 0.357 e. The molecule has 0 saturated carbocycles. The minimum Gasteiger partial charge on any atom is -0.493 e. The second-order valence-electron chi connectivity index (χ2n) is 9.29. The first-order valence-corrected chi connectivity index (χ1v) is 13.1. The summed E-state index contributed by atoms with van der Waals surface area (Å²) in [5.41, 5.74) is 1.76. The van der Waals surface area contributed by atoms with Crippen molar-refractivity contribution in [3.8, 4) is 34.1 Å². The molecule has 0 bridgehead atoms. The van der Waals surface area contributed by atoms with E-state index in [1.807, 2.05) is 30.3 Å². The Balaban J connectivity index is 1.80. The highest BCUT2D eigenvalue weighted by atomic mass is 16.5. The van der Waals surface area contributed by atoms with E-state index in [0.29, 0.717) is 77.8 Å². The van der Waals surface area contributed by atoms with Gasteiger partial charge in [0, 0.05) is 5.56 Å². The molecule has 0 N–H and O–H groups in total. The minimum absolute atomic E-state index is 0.0825. The fraction of sp³-hybridized carbons (Fsp3) is 0.290. The lowest BCUT2D eigenvalue weighted by Gasteiger charge is -2.33. The highest BCUT2D eigenvalue weighted by Gasteiger charge is 2.29. The van der Waals surface area contributed by atoms with Crippen LogP contribution in [-0.4, -0.2) is 65.4 Å². The average molecular weight is 561 g/mol. The quantitative estimate of drug-likeness (QED) is 0.281. The molecule has 5 rings (SSSR count). The zero-order valence-electron chi connectivity index (χ0n) is 23.5. The van der Waals surface area contributed by atoms with Gasteiger partial charge in [-0.15, -0.1) is 0 Å². The van der Waals surface area contributed by atoms with Crippen LogP contribution in [-0.2, 0) is 16.1 Å². The number of methoxy groups -OCH3 is 4. The Morgan fingerprint density at radius 3 is 2.15 bits per heavy atom. The first-order chi connectivity index (χ1) is 20.0. The van der Waals surface area contributed by atoms with E-state index in [9.17, 15) is 9.59 Å². The zero-order valence-corrected chi connectivity index (χ0v) is 23.5. The van der Waals surface area contributed by atoms with Crippen LogP contribution in [0.2, 0.25) is 0 Å². The van der Waals surface area contributed by atoms with Gasteiger partial charge in [0.05, 0.1) is 60.1 Å². The summed E-state index contributed by atoms with van der Waals surface area (Å²) in [5, 5.41) is 2.72. The molecule has 0 atom stereocenters. The van der Waals surface area contributed by atoms with Gasteiger partial charge >= 0.3 is 5.97 Å². The second-order valence-corrected chi connectivity index (χ2v) is 9.29. The van der Waals surface area contributed by atoms with Crippen LogP contribution in [0, 0.1) is 0 Å². The zero-order chi connectivity index (χ0) is 28.9. The van der Waals surface area contributed by atoms with Crippen molar-refractivity contribution in [1.29, 1.82) is 0 Å². The predicted octanol–water partition coefficient (Wildman–Crippen LogP) is 4.03. The van der Waals surface area contributed by atoms with Crippen LogP contribution < -0.4 is 29.5 Å². The molecule has 0 unspecified atom stereocenters. The van der Waals surface area contributed by atoms with Gasteiger partial charge in [-0.3, -0.25) is 4.79 Å². The first kappa shape index (κ1) is 27.9. The van der Waals surface area contributed by atoms with Gasteiger partial charge in [0.25, 0.3) is 5.56 Å². The number of esters is 1. The van der Waals surface area contributed by atoms with E-state index in [1.165, 1.54) is 33.1 Å². The summed E-state index contributed by atoms with van der Waals surface area (Å²) in [6, 6.07) is 18.5. The van der Waals surface area contributed by atoms with E-state index in [-0.39, 0.29) is 11.3 Å². The Morgan fingerprint density at radius 2 is 1.54 bits per heavy atom. The standard InChI is InChI=1S/C31H32N2O8/c1-36-25-16-21(17-26(37-2)29(25)38-3)27-23-11-10-22(41-19-20-8-6-5-7-9-20)18-24(23)30(34)33(28(27)31(35)39-4)32-12-14-40-15-13-32/h5-11,16-18H,12-15,19H2,1-4H3. The van der Waals surface area contributed by atoms with Gasteiger partial charge in [-0.05, 0) is 46.8 Å². The number of carbonyl (C=O) groups excluding carboxylic acids is 1. The molecule has 0 spiro atoms. The van der Waals surface area contributed by atoms with E-state index in [0.717, 1.165) is 5.56 Å². The molecule has 41 heavy (non-hydrogen) atoms. The maximum Gasteiger partial charge on any atom is 0.357 e. The molecule has 10 heteroatoms.